The Labute approximate surface area is 150 Å². The summed E-state index contributed by atoms with van der Waals surface area (Å²) in [5.41, 5.74) is 0.821. The smallest absolute Gasteiger partial charge is 0.335 e. The molecule has 3 rings (SSSR count). The topological polar surface area (TPSA) is 113 Å². The molecule has 0 saturated heterocycles. The number of nitrogens with zero attached hydrogens (tertiary/aromatic N) is 1. The molecule has 2 aromatic rings. The molecule has 1 amide bonds. The fraction of sp³-hybridized carbons (Fsp3) is 0.176. The number of nitrogens with one attached hydrogen (secondary N) is 1. The number of ether oxygens (including phenoxy) is 1. The van der Waals surface area contributed by atoms with Crippen LogP contribution in [0.3, 0.4) is 0 Å². The van der Waals surface area contributed by atoms with Gasteiger partial charge in [0.15, 0.2) is 0 Å². The number of carbonyl (C=O) groups is 2. The highest BCUT2D eigenvalue weighted by molar-refractivity contribution is 7.89. The SMILES string of the molecule is COc1ccc(S(=O)(=O)N2CC(=O)Nc3ccc(C(=O)O)cc3C2)cc1. The van der Waals surface area contributed by atoms with Gasteiger partial charge in [-0.25, -0.2) is 13.2 Å². The molecule has 0 spiro atoms. The minimum Gasteiger partial charge on any atom is -0.497 e. The molecule has 0 bridgehead atoms. The Balaban J connectivity index is 2.00. The Morgan fingerprint density at radius 3 is 2.46 bits per heavy atom. The quantitative estimate of drug-likeness (QED) is 0.837. The second-order valence-electron chi connectivity index (χ2n) is 5.67. The lowest BCUT2D eigenvalue weighted by Crippen LogP contribution is -2.35. The zero-order valence-electron chi connectivity index (χ0n) is 13.8. The number of sulfonamides is 1. The average molecular weight is 376 g/mol. The van der Waals surface area contributed by atoms with Gasteiger partial charge in [0.1, 0.15) is 5.75 Å². The molecule has 0 aliphatic carbocycles. The molecule has 0 saturated carbocycles. The van der Waals surface area contributed by atoms with Gasteiger partial charge < -0.3 is 15.2 Å². The molecular weight excluding hydrogens is 360 g/mol. The zero-order chi connectivity index (χ0) is 18.9. The molecule has 0 aromatic heterocycles. The molecule has 2 aromatic carbocycles. The second-order valence-corrected chi connectivity index (χ2v) is 7.61. The zero-order valence-corrected chi connectivity index (χ0v) is 14.6. The highest BCUT2D eigenvalue weighted by Crippen LogP contribution is 2.27. The van der Waals surface area contributed by atoms with E-state index >= 15 is 0 Å². The number of benzene rings is 2. The molecular formula is C17H16N2O6S. The van der Waals surface area contributed by atoms with Crippen molar-refractivity contribution in [1.29, 1.82) is 0 Å². The highest BCUT2D eigenvalue weighted by atomic mass is 32.2. The third-order valence-corrected chi connectivity index (χ3v) is 5.80. The van der Waals surface area contributed by atoms with Gasteiger partial charge in [-0.1, -0.05) is 0 Å². The summed E-state index contributed by atoms with van der Waals surface area (Å²) in [4.78, 5) is 23.3. The van der Waals surface area contributed by atoms with Crippen LogP contribution >= 0.6 is 0 Å². The van der Waals surface area contributed by atoms with Gasteiger partial charge in [-0.05, 0) is 48.0 Å². The lowest BCUT2D eigenvalue weighted by Gasteiger charge is -2.19. The molecule has 2 N–H and O–H groups in total. The van der Waals surface area contributed by atoms with Crippen LogP contribution in [0, 0.1) is 0 Å². The second kappa shape index (κ2) is 6.77. The molecule has 9 heteroatoms. The van der Waals surface area contributed by atoms with E-state index < -0.39 is 21.9 Å². The van der Waals surface area contributed by atoms with E-state index in [2.05, 4.69) is 5.32 Å². The summed E-state index contributed by atoms with van der Waals surface area (Å²) in [7, 11) is -2.48. The minimum absolute atomic E-state index is 0.0155. The first kappa shape index (κ1) is 17.9. The first-order valence-corrected chi connectivity index (χ1v) is 9.05. The van der Waals surface area contributed by atoms with Crippen molar-refractivity contribution in [2.75, 3.05) is 19.0 Å². The van der Waals surface area contributed by atoms with E-state index in [0.29, 0.717) is 17.0 Å². The van der Waals surface area contributed by atoms with Gasteiger partial charge >= 0.3 is 5.97 Å². The van der Waals surface area contributed by atoms with Crippen LogP contribution in [-0.4, -0.2) is 43.4 Å². The van der Waals surface area contributed by atoms with Crippen molar-refractivity contribution in [1.82, 2.24) is 4.31 Å². The van der Waals surface area contributed by atoms with Gasteiger partial charge in [0.05, 0.1) is 24.1 Å². The van der Waals surface area contributed by atoms with Crippen molar-refractivity contribution in [2.45, 2.75) is 11.4 Å². The van der Waals surface area contributed by atoms with E-state index in [4.69, 9.17) is 9.84 Å². The Bertz CT molecular complexity index is 969. The van der Waals surface area contributed by atoms with Gasteiger partial charge in [0.2, 0.25) is 15.9 Å². The van der Waals surface area contributed by atoms with Crippen LogP contribution in [0.2, 0.25) is 0 Å². The summed E-state index contributed by atoms with van der Waals surface area (Å²) in [6.45, 7) is -0.491. The number of rotatable bonds is 4. The van der Waals surface area contributed by atoms with Crippen molar-refractivity contribution < 1.29 is 27.9 Å². The van der Waals surface area contributed by atoms with Crippen LogP contribution in [0.1, 0.15) is 15.9 Å². The van der Waals surface area contributed by atoms with Gasteiger partial charge in [0.25, 0.3) is 0 Å². The minimum atomic E-state index is -3.95. The number of carboxylic acid groups (broad SMARTS) is 1. The number of fused-ring (bicyclic) bond motifs is 1. The third-order valence-electron chi connectivity index (χ3n) is 3.99. The van der Waals surface area contributed by atoms with Gasteiger partial charge in [-0.3, -0.25) is 4.79 Å². The van der Waals surface area contributed by atoms with E-state index in [0.717, 1.165) is 4.31 Å². The predicted molar refractivity (Wildman–Crippen MR) is 92.6 cm³/mol. The molecule has 1 heterocycles. The molecule has 26 heavy (non-hydrogen) atoms. The monoisotopic (exact) mass is 376 g/mol. The predicted octanol–water partition coefficient (Wildman–Crippen LogP) is 1.54. The standard InChI is InChI=1S/C17H16N2O6S/c1-25-13-3-5-14(6-4-13)26(23,24)19-9-12-8-11(17(21)22)2-7-15(12)18-16(20)10-19/h2-8H,9-10H2,1H3,(H,18,20)(H,21,22). The largest absolute Gasteiger partial charge is 0.497 e. The van der Waals surface area contributed by atoms with Gasteiger partial charge in [0, 0.05) is 12.2 Å². The Morgan fingerprint density at radius 1 is 1.15 bits per heavy atom. The molecule has 0 fully saturated rings. The number of carbonyl (C=O) groups excluding carboxylic acids is 1. The molecule has 1 aliphatic rings. The van der Waals surface area contributed by atoms with E-state index in [1.165, 1.54) is 49.6 Å². The average Bonchev–Trinajstić information content (AvgIpc) is 2.79. The maximum absolute atomic E-state index is 12.9. The molecule has 0 unspecified atom stereocenters. The summed E-state index contributed by atoms with van der Waals surface area (Å²) in [5, 5.41) is 11.7. The molecule has 0 atom stereocenters. The third kappa shape index (κ3) is 3.39. The first-order chi connectivity index (χ1) is 12.3. The highest BCUT2D eigenvalue weighted by Gasteiger charge is 2.30. The number of methoxy groups -OCH3 is 1. The lowest BCUT2D eigenvalue weighted by molar-refractivity contribution is -0.116. The van der Waals surface area contributed by atoms with Crippen molar-refractivity contribution in [2.24, 2.45) is 0 Å². The maximum Gasteiger partial charge on any atom is 0.335 e. The number of anilines is 1. The van der Waals surface area contributed by atoms with Crippen LogP contribution in [-0.2, 0) is 21.4 Å². The Hall–Kier alpha value is -2.91. The number of carboxylic acids is 1. The fourth-order valence-corrected chi connectivity index (χ4v) is 4.02. The Kier molecular flexibility index (Phi) is 4.66. The van der Waals surface area contributed by atoms with E-state index in [1.807, 2.05) is 0 Å². The summed E-state index contributed by atoms with van der Waals surface area (Å²) >= 11 is 0. The maximum atomic E-state index is 12.9. The Morgan fingerprint density at radius 2 is 1.85 bits per heavy atom. The number of amides is 1. The van der Waals surface area contributed by atoms with E-state index in [1.54, 1.807) is 0 Å². The van der Waals surface area contributed by atoms with Crippen molar-refractivity contribution in [3.8, 4) is 5.75 Å². The van der Waals surface area contributed by atoms with Gasteiger partial charge in [-0.15, -0.1) is 0 Å². The summed E-state index contributed by atoms with van der Waals surface area (Å²) in [6.07, 6.45) is 0. The van der Waals surface area contributed by atoms with E-state index in [-0.39, 0.29) is 23.5 Å². The van der Waals surface area contributed by atoms with E-state index in [9.17, 15) is 18.0 Å². The number of aromatic carboxylic acids is 1. The van der Waals surface area contributed by atoms with Crippen molar-refractivity contribution in [3.63, 3.8) is 0 Å². The number of hydrogen-bond acceptors (Lipinski definition) is 5. The lowest BCUT2D eigenvalue weighted by atomic mass is 10.1. The van der Waals surface area contributed by atoms with Crippen molar-refractivity contribution >= 4 is 27.6 Å². The van der Waals surface area contributed by atoms with Crippen LogP contribution in [0.15, 0.2) is 47.4 Å². The number of hydrogen-bond donors (Lipinski definition) is 2. The van der Waals surface area contributed by atoms with Crippen LogP contribution in [0.25, 0.3) is 0 Å². The van der Waals surface area contributed by atoms with Crippen LogP contribution in [0.4, 0.5) is 5.69 Å². The molecule has 8 nitrogen and oxygen atoms in total. The first-order valence-electron chi connectivity index (χ1n) is 7.61. The summed E-state index contributed by atoms with van der Waals surface area (Å²) in [6, 6.07) is 9.99. The summed E-state index contributed by atoms with van der Waals surface area (Å²) < 4.78 is 31.8. The molecule has 0 radical (unpaired) electrons. The van der Waals surface area contributed by atoms with Crippen molar-refractivity contribution in [3.05, 3.63) is 53.6 Å². The summed E-state index contributed by atoms with van der Waals surface area (Å²) in [5.74, 6) is -1.12. The fourth-order valence-electron chi connectivity index (χ4n) is 2.64. The normalized spacial score (nSPS) is 14.9. The van der Waals surface area contributed by atoms with Gasteiger partial charge in [-0.2, -0.15) is 4.31 Å². The van der Waals surface area contributed by atoms with Crippen LogP contribution < -0.4 is 10.1 Å². The van der Waals surface area contributed by atoms with Crippen LogP contribution in [0.5, 0.6) is 5.75 Å². The molecule has 1 aliphatic heterocycles. The molecule has 136 valence electrons.